The van der Waals surface area contributed by atoms with Crippen molar-refractivity contribution in [3.63, 3.8) is 0 Å². The van der Waals surface area contributed by atoms with Gasteiger partial charge in [0.1, 0.15) is 0 Å². The van der Waals surface area contributed by atoms with Crippen molar-refractivity contribution >= 4 is 10.0 Å². The van der Waals surface area contributed by atoms with Crippen molar-refractivity contribution in [2.75, 3.05) is 13.7 Å². The third-order valence-corrected chi connectivity index (χ3v) is 5.31. The summed E-state index contributed by atoms with van der Waals surface area (Å²) in [6.45, 7) is 0.255. The number of nitrogens with two attached hydrogens (primary N) is 1. The Morgan fingerprint density at radius 1 is 1.40 bits per heavy atom. The largest absolute Gasteiger partial charge is 0.494 e. The lowest BCUT2D eigenvalue weighted by atomic mass is 10.0. The highest BCUT2D eigenvalue weighted by atomic mass is 32.2. The van der Waals surface area contributed by atoms with Gasteiger partial charge in [-0.15, -0.1) is 0 Å². The fourth-order valence-corrected chi connectivity index (χ4v) is 4.04. The first-order valence-electron chi connectivity index (χ1n) is 6.50. The van der Waals surface area contributed by atoms with Crippen LogP contribution in [0, 0.1) is 5.82 Å². The van der Waals surface area contributed by atoms with Gasteiger partial charge in [0.2, 0.25) is 10.0 Å². The van der Waals surface area contributed by atoms with E-state index in [1.54, 1.807) is 0 Å². The molecule has 0 aromatic heterocycles. The molecule has 3 N–H and O–H groups in total. The van der Waals surface area contributed by atoms with Gasteiger partial charge in [-0.1, -0.05) is 12.8 Å². The monoisotopic (exact) mass is 302 g/mol. The Labute approximate surface area is 118 Å². The number of halogens is 1. The molecule has 0 radical (unpaired) electrons. The molecule has 1 fully saturated rings. The van der Waals surface area contributed by atoms with Crippen LogP contribution >= 0.6 is 0 Å². The van der Waals surface area contributed by atoms with Crippen LogP contribution in [-0.4, -0.2) is 27.6 Å². The van der Waals surface area contributed by atoms with Gasteiger partial charge in [0.15, 0.2) is 11.6 Å². The van der Waals surface area contributed by atoms with E-state index in [9.17, 15) is 12.8 Å². The van der Waals surface area contributed by atoms with Crippen LogP contribution in [-0.2, 0) is 10.0 Å². The van der Waals surface area contributed by atoms with Crippen molar-refractivity contribution in [1.82, 2.24) is 4.72 Å². The SMILES string of the molecule is COc1cc(S(=O)(=O)NC2(CN)CCCC2)ccc1F. The highest BCUT2D eigenvalue weighted by molar-refractivity contribution is 7.89. The highest BCUT2D eigenvalue weighted by Crippen LogP contribution is 2.31. The summed E-state index contributed by atoms with van der Waals surface area (Å²) in [6, 6.07) is 3.48. The molecule has 1 aromatic rings. The minimum atomic E-state index is -3.74. The van der Waals surface area contributed by atoms with Gasteiger partial charge in [-0.25, -0.2) is 17.5 Å². The van der Waals surface area contributed by atoms with Gasteiger partial charge in [-0.3, -0.25) is 0 Å². The maximum Gasteiger partial charge on any atom is 0.241 e. The minimum Gasteiger partial charge on any atom is -0.494 e. The Bertz CT molecular complexity index is 583. The second kappa shape index (κ2) is 5.67. The highest BCUT2D eigenvalue weighted by Gasteiger charge is 2.36. The van der Waals surface area contributed by atoms with Crippen molar-refractivity contribution in [2.45, 2.75) is 36.1 Å². The molecule has 0 bridgehead atoms. The number of methoxy groups -OCH3 is 1. The van der Waals surface area contributed by atoms with Gasteiger partial charge < -0.3 is 10.5 Å². The Hall–Kier alpha value is -1.18. The molecule has 0 atom stereocenters. The minimum absolute atomic E-state index is 0.0181. The lowest BCUT2D eigenvalue weighted by molar-refractivity contribution is 0.383. The number of hydrogen-bond acceptors (Lipinski definition) is 4. The number of ether oxygens (including phenoxy) is 1. The summed E-state index contributed by atoms with van der Waals surface area (Å²) < 4.78 is 45.6. The van der Waals surface area contributed by atoms with E-state index in [1.807, 2.05) is 0 Å². The van der Waals surface area contributed by atoms with Crippen molar-refractivity contribution in [3.05, 3.63) is 24.0 Å². The zero-order valence-corrected chi connectivity index (χ0v) is 12.2. The van der Waals surface area contributed by atoms with Gasteiger partial charge in [0.25, 0.3) is 0 Å². The van der Waals surface area contributed by atoms with Crippen LogP contribution in [0.25, 0.3) is 0 Å². The van der Waals surface area contributed by atoms with Crippen LogP contribution in [0.5, 0.6) is 5.75 Å². The van der Waals surface area contributed by atoms with E-state index in [4.69, 9.17) is 10.5 Å². The normalized spacial score (nSPS) is 18.1. The number of hydrogen-bond donors (Lipinski definition) is 2. The second-order valence-corrected chi connectivity index (χ2v) is 6.78. The van der Waals surface area contributed by atoms with E-state index < -0.39 is 21.4 Å². The first-order chi connectivity index (χ1) is 9.42. The van der Waals surface area contributed by atoms with Crippen LogP contribution in [0.1, 0.15) is 25.7 Å². The maximum absolute atomic E-state index is 13.3. The Morgan fingerprint density at radius 2 is 2.05 bits per heavy atom. The number of nitrogens with one attached hydrogen (secondary N) is 1. The van der Waals surface area contributed by atoms with E-state index in [0.29, 0.717) is 0 Å². The molecule has 7 heteroatoms. The van der Waals surface area contributed by atoms with Crippen LogP contribution in [0.3, 0.4) is 0 Å². The van der Waals surface area contributed by atoms with E-state index >= 15 is 0 Å². The maximum atomic E-state index is 13.3. The summed E-state index contributed by atoms with van der Waals surface area (Å²) in [4.78, 5) is -0.0181. The average molecular weight is 302 g/mol. The molecule has 112 valence electrons. The standard InChI is InChI=1S/C13H19FN2O3S/c1-19-12-8-10(4-5-11(12)14)20(17,18)16-13(9-15)6-2-3-7-13/h4-5,8,16H,2-3,6-7,9,15H2,1H3. The number of rotatable bonds is 5. The summed E-state index contributed by atoms with van der Waals surface area (Å²) >= 11 is 0. The van der Waals surface area contributed by atoms with Crippen LogP contribution in [0.2, 0.25) is 0 Å². The summed E-state index contributed by atoms with van der Waals surface area (Å²) in [6.07, 6.45) is 3.35. The summed E-state index contributed by atoms with van der Waals surface area (Å²) in [5.74, 6) is -0.693. The van der Waals surface area contributed by atoms with Gasteiger partial charge in [0, 0.05) is 18.2 Å². The van der Waals surface area contributed by atoms with Gasteiger partial charge in [0.05, 0.1) is 12.0 Å². The predicted molar refractivity (Wildman–Crippen MR) is 73.5 cm³/mol. The molecule has 1 aromatic carbocycles. The quantitative estimate of drug-likeness (QED) is 0.861. The van der Waals surface area contributed by atoms with Gasteiger partial charge >= 0.3 is 0 Å². The lowest BCUT2D eigenvalue weighted by Crippen LogP contribution is -2.51. The summed E-state index contributed by atoms with van der Waals surface area (Å²) in [7, 11) is -2.45. The molecule has 0 spiro atoms. The Balaban J connectivity index is 2.30. The van der Waals surface area contributed by atoms with Gasteiger partial charge in [-0.05, 0) is 25.0 Å². The van der Waals surface area contributed by atoms with E-state index in [1.165, 1.54) is 19.2 Å². The summed E-state index contributed by atoms with van der Waals surface area (Å²) in [5, 5.41) is 0. The molecule has 5 nitrogen and oxygen atoms in total. The zero-order chi connectivity index (χ0) is 14.8. The molecule has 1 aliphatic carbocycles. The zero-order valence-electron chi connectivity index (χ0n) is 11.4. The van der Waals surface area contributed by atoms with Crippen molar-refractivity contribution in [2.24, 2.45) is 5.73 Å². The fraction of sp³-hybridized carbons (Fsp3) is 0.538. The lowest BCUT2D eigenvalue weighted by Gasteiger charge is -2.28. The predicted octanol–water partition coefficient (Wildman–Crippen LogP) is 1.38. The number of sulfonamides is 1. The topological polar surface area (TPSA) is 81.4 Å². The van der Waals surface area contributed by atoms with Crippen molar-refractivity contribution in [1.29, 1.82) is 0 Å². The van der Waals surface area contributed by atoms with Crippen LogP contribution < -0.4 is 15.2 Å². The third-order valence-electron chi connectivity index (χ3n) is 3.74. The first kappa shape index (κ1) is 15.2. The molecule has 20 heavy (non-hydrogen) atoms. The van der Waals surface area contributed by atoms with Gasteiger partial charge in [-0.2, -0.15) is 0 Å². The molecular formula is C13H19FN2O3S. The van der Waals surface area contributed by atoms with E-state index in [2.05, 4.69) is 4.72 Å². The molecule has 0 aliphatic heterocycles. The fourth-order valence-electron chi connectivity index (χ4n) is 2.55. The van der Waals surface area contributed by atoms with E-state index in [0.717, 1.165) is 31.7 Å². The number of benzene rings is 1. The van der Waals surface area contributed by atoms with Crippen LogP contribution in [0.4, 0.5) is 4.39 Å². The molecule has 0 heterocycles. The second-order valence-electron chi connectivity index (χ2n) is 5.09. The average Bonchev–Trinajstić information content (AvgIpc) is 2.87. The van der Waals surface area contributed by atoms with Crippen molar-refractivity contribution in [3.8, 4) is 5.75 Å². The molecule has 0 amide bonds. The Kier molecular flexibility index (Phi) is 4.31. The molecular weight excluding hydrogens is 283 g/mol. The third kappa shape index (κ3) is 2.94. The first-order valence-corrected chi connectivity index (χ1v) is 7.98. The molecule has 2 rings (SSSR count). The van der Waals surface area contributed by atoms with Crippen LogP contribution in [0.15, 0.2) is 23.1 Å². The Morgan fingerprint density at radius 3 is 2.60 bits per heavy atom. The molecule has 1 aliphatic rings. The molecule has 0 saturated heterocycles. The van der Waals surface area contributed by atoms with Crippen molar-refractivity contribution < 1.29 is 17.5 Å². The molecule has 1 saturated carbocycles. The molecule has 0 unspecified atom stereocenters. The van der Waals surface area contributed by atoms with E-state index in [-0.39, 0.29) is 17.2 Å². The summed E-state index contributed by atoms with van der Waals surface area (Å²) in [5.41, 5.74) is 5.14. The smallest absolute Gasteiger partial charge is 0.241 e.